The second kappa shape index (κ2) is 7.88. The summed E-state index contributed by atoms with van der Waals surface area (Å²) in [6.45, 7) is 2.87. The van der Waals surface area contributed by atoms with Gasteiger partial charge in [0.05, 0.1) is 0 Å². The highest BCUT2D eigenvalue weighted by atomic mass is 14.6. The lowest BCUT2D eigenvalue weighted by molar-refractivity contribution is 0.573. The molecule has 3 heteroatoms. The first-order chi connectivity index (χ1) is 3.81. The Bertz CT molecular complexity index is 47.6. The second-order valence-electron chi connectivity index (χ2n) is 2.10. The molecule has 0 rings (SSSR count). The van der Waals surface area contributed by atoms with E-state index in [1.807, 2.05) is 0 Å². The van der Waals surface area contributed by atoms with Crippen LogP contribution in [0.2, 0.25) is 0 Å². The summed E-state index contributed by atoms with van der Waals surface area (Å²) in [5, 5.41) is 0. The van der Waals surface area contributed by atoms with Gasteiger partial charge in [-0.05, 0) is 25.8 Å². The van der Waals surface area contributed by atoms with Gasteiger partial charge in [0.15, 0.2) is 0 Å². The molecule has 0 radical (unpaired) electrons. The monoisotopic (exact) mass is 133 g/mol. The largest absolute Gasteiger partial charge is 0.344 e. The van der Waals surface area contributed by atoms with Crippen molar-refractivity contribution in [1.82, 2.24) is 6.15 Å². The lowest BCUT2D eigenvalue weighted by atomic mass is 10.1. The van der Waals surface area contributed by atoms with Crippen LogP contribution < -0.4 is 17.6 Å². The topological polar surface area (TPSA) is 87.0 Å². The van der Waals surface area contributed by atoms with E-state index in [0.29, 0.717) is 6.04 Å². The van der Waals surface area contributed by atoms with E-state index in [1.165, 1.54) is 0 Å². The molecule has 0 amide bonds. The molecule has 0 fully saturated rings. The van der Waals surface area contributed by atoms with E-state index < -0.39 is 0 Å². The third kappa shape index (κ3) is 7.88. The Morgan fingerprint density at radius 2 is 2.00 bits per heavy atom. The van der Waals surface area contributed by atoms with Gasteiger partial charge in [-0.2, -0.15) is 0 Å². The molecule has 0 saturated heterocycles. The van der Waals surface area contributed by atoms with Crippen LogP contribution in [0.1, 0.15) is 26.2 Å². The van der Waals surface area contributed by atoms with Crippen molar-refractivity contribution in [3.63, 3.8) is 0 Å². The highest BCUT2D eigenvalue weighted by Crippen LogP contribution is 1.95. The molecule has 9 heavy (non-hydrogen) atoms. The van der Waals surface area contributed by atoms with Crippen LogP contribution in [0.3, 0.4) is 0 Å². The molecule has 3 nitrogen and oxygen atoms in total. The molecule has 0 aliphatic rings. The zero-order valence-electron chi connectivity index (χ0n) is 6.27. The number of nitrogens with two attached hydrogens (primary N) is 2. The maximum Gasteiger partial charge on any atom is 0.00366 e. The van der Waals surface area contributed by atoms with Crippen molar-refractivity contribution in [2.75, 3.05) is 6.54 Å². The summed E-state index contributed by atoms with van der Waals surface area (Å²) in [7, 11) is 0. The molecule has 0 aromatic carbocycles. The van der Waals surface area contributed by atoms with Crippen LogP contribution in [-0.2, 0) is 0 Å². The first kappa shape index (κ1) is 11.6. The summed E-state index contributed by atoms with van der Waals surface area (Å²) in [5.74, 6) is 0. The van der Waals surface area contributed by atoms with E-state index in [0.717, 1.165) is 25.8 Å². The molecule has 0 aliphatic heterocycles. The Morgan fingerprint density at radius 3 is 2.33 bits per heavy atom. The Kier molecular flexibility index (Phi) is 10.2. The van der Waals surface area contributed by atoms with E-state index in [9.17, 15) is 0 Å². The Hall–Kier alpha value is -0.120. The maximum atomic E-state index is 5.60. The third-order valence-corrected chi connectivity index (χ3v) is 1.30. The van der Waals surface area contributed by atoms with Crippen LogP contribution in [0.4, 0.5) is 0 Å². The van der Waals surface area contributed by atoms with E-state index >= 15 is 0 Å². The normalized spacial score (nSPS) is 12.3. The Labute approximate surface area is 57.4 Å². The van der Waals surface area contributed by atoms with Gasteiger partial charge in [-0.15, -0.1) is 0 Å². The minimum absolute atomic E-state index is 0. The first-order valence-corrected chi connectivity index (χ1v) is 3.27. The first-order valence-electron chi connectivity index (χ1n) is 3.27. The minimum atomic E-state index is 0. The quantitative estimate of drug-likeness (QED) is 0.525. The van der Waals surface area contributed by atoms with Gasteiger partial charge in [-0.1, -0.05) is 6.92 Å². The molecule has 0 bridgehead atoms. The smallest absolute Gasteiger partial charge is 0.00366 e. The fraction of sp³-hybridized carbons (Fsp3) is 1.00. The molecule has 0 spiro atoms. The molecular formula is C6H19N3. The van der Waals surface area contributed by atoms with E-state index in [2.05, 4.69) is 6.92 Å². The molecule has 1 unspecified atom stereocenters. The molecular weight excluding hydrogens is 114 g/mol. The van der Waals surface area contributed by atoms with Crippen molar-refractivity contribution in [2.45, 2.75) is 32.2 Å². The average molecular weight is 133 g/mol. The van der Waals surface area contributed by atoms with Gasteiger partial charge in [-0.25, -0.2) is 0 Å². The molecule has 0 heterocycles. The van der Waals surface area contributed by atoms with Gasteiger partial charge in [0.25, 0.3) is 0 Å². The lowest BCUT2D eigenvalue weighted by Crippen LogP contribution is -2.19. The second-order valence-corrected chi connectivity index (χ2v) is 2.10. The summed E-state index contributed by atoms with van der Waals surface area (Å²) >= 11 is 0. The van der Waals surface area contributed by atoms with Gasteiger partial charge >= 0.3 is 0 Å². The Balaban J connectivity index is 0. The van der Waals surface area contributed by atoms with Gasteiger partial charge in [-0.3, -0.25) is 0 Å². The van der Waals surface area contributed by atoms with E-state index in [4.69, 9.17) is 11.5 Å². The third-order valence-electron chi connectivity index (χ3n) is 1.30. The van der Waals surface area contributed by atoms with Gasteiger partial charge < -0.3 is 17.6 Å². The summed E-state index contributed by atoms with van der Waals surface area (Å²) in [5.41, 5.74) is 10.9. The zero-order valence-corrected chi connectivity index (χ0v) is 6.27. The van der Waals surface area contributed by atoms with E-state index in [-0.39, 0.29) is 6.15 Å². The predicted molar refractivity (Wildman–Crippen MR) is 41.6 cm³/mol. The number of rotatable bonds is 4. The van der Waals surface area contributed by atoms with Crippen molar-refractivity contribution < 1.29 is 0 Å². The fourth-order valence-electron chi connectivity index (χ4n) is 0.584. The van der Waals surface area contributed by atoms with Crippen LogP contribution in [0.5, 0.6) is 0 Å². The molecule has 0 saturated carbocycles. The van der Waals surface area contributed by atoms with Gasteiger partial charge in [0.1, 0.15) is 0 Å². The molecule has 0 aromatic heterocycles. The highest BCUT2D eigenvalue weighted by Gasteiger charge is 1.94. The van der Waals surface area contributed by atoms with Crippen LogP contribution >= 0.6 is 0 Å². The lowest BCUT2D eigenvalue weighted by Gasteiger charge is -2.04. The van der Waals surface area contributed by atoms with Crippen molar-refractivity contribution in [2.24, 2.45) is 11.5 Å². The van der Waals surface area contributed by atoms with Gasteiger partial charge in [0.2, 0.25) is 0 Å². The SMILES string of the molecule is CCC(N)CCCN.N. The highest BCUT2D eigenvalue weighted by molar-refractivity contribution is 4.57. The molecule has 7 N–H and O–H groups in total. The summed E-state index contributed by atoms with van der Waals surface area (Å²) in [6.07, 6.45) is 3.21. The predicted octanol–water partition coefficient (Wildman–Crippen LogP) is 0.625. The number of hydrogen-bond acceptors (Lipinski definition) is 3. The van der Waals surface area contributed by atoms with Gasteiger partial charge in [0, 0.05) is 6.04 Å². The Morgan fingerprint density at radius 1 is 1.44 bits per heavy atom. The molecule has 58 valence electrons. The number of hydrogen-bond donors (Lipinski definition) is 3. The standard InChI is InChI=1S/C6H16N2.H3N/c1-2-6(8)4-3-5-7;/h6H,2-5,7-8H2,1H3;1H3. The fourth-order valence-corrected chi connectivity index (χ4v) is 0.584. The van der Waals surface area contributed by atoms with E-state index in [1.54, 1.807) is 0 Å². The molecule has 0 aromatic rings. The van der Waals surface area contributed by atoms with Crippen molar-refractivity contribution in [3.05, 3.63) is 0 Å². The summed E-state index contributed by atoms with van der Waals surface area (Å²) in [4.78, 5) is 0. The summed E-state index contributed by atoms with van der Waals surface area (Å²) < 4.78 is 0. The van der Waals surface area contributed by atoms with Crippen LogP contribution in [0, 0.1) is 0 Å². The molecule has 1 atom stereocenters. The van der Waals surface area contributed by atoms with Crippen LogP contribution in [0.25, 0.3) is 0 Å². The van der Waals surface area contributed by atoms with Crippen LogP contribution in [-0.4, -0.2) is 12.6 Å². The van der Waals surface area contributed by atoms with Crippen molar-refractivity contribution in [3.8, 4) is 0 Å². The molecule has 0 aliphatic carbocycles. The minimum Gasteiger partial charge on any atom is -0.344 e. The zero-order chi connectivity index (χ0) is 6.41. The summed E-state index contributed by atoms with van der Waals surface area (Å²) in [6, 6.07) is 0.374. The van der Waals surface area contributed by atoms with Crippen molar-refractivity contribution >= 4 is 0 Å². The maximum absolute atomic E-state index is 5.60. The van der Waals surface area contributed by atoms with Crippen molar-refractivity contribution in [1.29, 1.82) is 0 Å². The average Bonchev–Trinajstić information content (AvgIpc) is 1.83. The van der Waals surface area contributed by atoms with Crippen LogP contribution in [0.15, 0.2) is 0 Å².